The summed E-state index contributed by atoms with van der Waals surface area (Å²) in [4.78, 5) is 15.5. The molecule has 1 aliphatic rings. The largest absolute Gasteiger partial charge is 0.492 e. The molecule has 1 aliphatic heterocycles. The van der Waals surface area contributed by atoms with Crippen molar-refractivity contribution in [3.05, 3.63) is 82.0 Å². The number of para-hydroxylation sites is 2. The fourth-order valence-corrected chi connectivity index (χ4v) is 5.04. The van der Waals surface area contributed by atoms with Gasteiger partial charge in [-0.15, -0.1) is 0 Å². The highest BCUT2D eigenvalue weighted by Crippen LogP contribution is 2.40. The maximum atomic E-state index is 13.3. The van der Waals surface area contributed by atoms with Crippen LogP contribution >= 0.6 is 24.0 Å². The van der Waals surface area contributed by atoms with E-state index >= 15 is 0 Å². The van der Waals surface area contributed by atoms with E-state index in [2.05, 4.69) is 55.7 Å². The maximum absolute atomic E-state index is 13.3. The van der Waals surface area contributed by atoms with Gasteiger partial charge in [-0.3, -0.25) is 9.69 Å². The number of thioether (sulfide) groups is 1. The number of ether oxygens (including phenoxy) is 1. The first kappa shape index (κ1) is 21.4. The normalized spacial score (nSPS) is 15.2. The number of aryl methyl sites for hydroxylation is 2. The number of rotatable bonds is 5. The molecule has 1 aromatic heterocycles. The van der Waals surface area contributed by atoms with E-state index in [0.29, 0.717) is 27.3 Å². The van der Waals surface area contributed by atoms with E-state index in [4.69, 9.17) is 17.0 Å². The minimum absolute atomic E-state index is 0.123. The molecule has 2 aromatic carbocycles. The van der Waals surface area contributed by atoms with Crippen LogP contribution in [0.3, 0.4) is 0 Å². The fourth-order valence-electron chi connectivity index (χ4n) is 3.76. The Hall–Kier alpha value is -2.83. The molecule has 0 bridgehead atoms. The summed E-state index contributed by atoms with van der Waals surface area (Å²) in [5.74, 6) is 0.530. The van der Waals surface area contributed by atoms with Gasteiger partial charge in [-0.1, -0.05) is 53.8 Å². The van der Waals surface area contributed by atoms with Crippen molar-refractivity contribution in [2.45, 2.75) is 27.7 Å². The van der Waals surface area contributed by atoms with Gasteiger partial charge in [0.2, 0.25) is 0 Å². The molecule has 0 aliphatic carbocycles. The van der Waals surface area contributed by atoms with E-state index in [9.17, 15) is 4.79 Å². The Kier molecular flexibility index (Phi) is 6.03. The number of carbonyl (C=O) groups excluding carboxylic acids is 1. The number of aromatic nitrogens is 1. The summed E-state index contributed by atoms with van der Waals surface area (Å²) in [5.41, 5.74) is 6.23. The number of thiocarbonyl (C=S) groups is 1. The molecule has 0 unspecified atom stereocenters. The van der Waals surface area contributed by atoms with Gasteiger partial charge in [0.1, 0.15) is 5.75 Å². The van der Waals surface area contributed by atoms with Crippen molar-refractivity contribution in [2.24, 2.45) is 0 Å². The summed E-state index contributed by atoms with van der Waals surface area (Å²) >= 11 is 6.88. The van der Waals surface area contributed by atoms with Crippen molar-refractivity contribution in [3.8, 4) is 11.4 Å². The molecule has 1 saturated heterocycles. The van der Waals surface area contributed by atoms with Crippen LogP contribution < -0.4 is 9.64 Å². The first-order chi connectivity index (χ1) is 14.9. The lowest BCUT2D eigenvalue weighted by molar-refractivity contribution is -0.113. The Balaban J connectivity index is 1.70. The second-order valence-electron chi connectivity index (χ2n) is 7.42. The standard InChI is InChI=1S/C25H24N2O2S2/c1-5-29-22-9-7-6-8-21(22)27-24(28)23(31-25(27)30)15-19-14-17(3)26(18(19)4)20-12-10-16(2)11-13-20/h6-15H,5H2,1-4H3/b23-15-. The molecule has 0 atom stereocenters. The van der Waals surface area contributed by atoms with Crippen LogP contribution in [0.15, 0.2) is 59.5 Å². The summed E-state index contributed by atoms with van der Waals surface area (Å²) in [6.45, 7) is 8.67. The molecule has 1 fully saturated rings. The van der Waals surface area contributed by atoms with Crippen LogP contribution in [0.25, 0.3) is 11.8 Å². The Morgan fingerprint density at radius 1 is 1.06 bits per heavy atom. The van der Waals surface area contributed by atoms with Gasteiger partial charge in [0, 0.05) is 17.1 Å². The summed E-state index contributed by atoms with van der Waals surface area (Å²) in [6, 6.07) is 18.0. The van der Waals surface area contributed by atoms with Crippen LogP contribution in [0.5, 0.6) is 5.75 Å². The average molecular weight is 449 g/mol. The number of hydrogen-bond acceptors (Lipinski definition) is 4. The number of benzene rings is 2. The molecule has 0 radical (unpaired) electrons. The molecule has 158 valence electrons. The van der Waals surface area contributed by atoms with E-state index in [-0.39, 0.29) is 5.91 Å². The third kappa shape index (κ3) is 4.05. The summed E-state index contributed by atoms with van der Waals surface area (Å²) in [5, 5.41) is 0. The predicted octanol–water partition coefficient (Wildman–Crippen LogP) is 6.21. The third-order valence-electron chi connectivity index (χ3n) is 5.25. The number of nitrogens with zero attached hydrogens (tertiary/aromatic N) is 2. The molecule has 6 heteroatoms. The first-order valence-electron chi connectivity index (χ1n) is 10.2. The van der Waals surface area contributed by atoms with Gasteiger partial charge >= 0.3 is 0 Å². The van der Waals surface area contributed by atoms with Gasteiger partial charge < -0.3 is 9.30 Å². The van der Waals surface area contributed by atoms with Crippen molar-refractivity contribution in [1.29, 1.82) is 0 Å². The molecule has 2 heterocycles. The minimum Gasteiger partial charge on any atom is -0.492 e. The highest BCUT2D eigenvalue weighted by Gasteiger charge is 2.35. The van der Waals surface area contributed by atoms with E-state index in [1.54, 1.807) is 4.90 Å². The van der Waals surface area contributed by atoms with E-state index < -0.39 is 0 Å². The van der Waals surface area contributed by atoms with Gasteiger partial charge in [0.15, 0.2) is 4.32 Å². The smallest absolute Gasteiger partial charge is 0.270 e. The van der Waals surface area contributed by atoms with Crippen molar-refractivity contribution < 1.29 is 9.53 Å². The molecule has 1 amide bonds. The van der Waals surface area contributed by atoms with Crippen LogP contribution in [0, 0.1) is 20.8 Å². The zero-order chi connectivity index (χ0) is 22.1. The molecule has 0 saturated carbocycles. The first-order valence-corrected chi connectivity index (χ1v) is 11.4. The zero-order valence-electron chi connectivity index (χ0n) is 18.0. The number of carbonyl (C=O) groups is 1. The fraction of sp³-hybridized carbons (Fsp3) is 0.200. The van der Waals surface area contributed by atoms with Crippen molar-refractivity contribution in [1.82, 2.24) is 4.57 Å². The summed E-state index contributed by atoms with van der Waals surface area (Å²) in [7, 11) is 0. The van der Waals surface area contributed by atoms with E-state index in [1.807, 2.05) is 37.3 Å². The van der Waals surface area contributed by atoms with Gasteiger partial charge in [0.05, 0.1) is 17.2 Å². The van der Waals surface area contributed by atoms with Gasteiger partial charge in [0.25, 0.3) is 5.91 Å². The molecular weight excluding hydrogens is 424 g/mol. The molecule has 4 rings (SSSR count). The van der Waals surface area contributed by atoms with Crippen molar-refractivity contribution in [2.75, 3.05) is 11.5 Å². The minimum atomic E-state index is -0.123. The summed E-state index contributed by atoms with van der Waals surface area (Å²) < 4.78 is 8.42. The zero-order valence-corrected chi connectivity index (χ0v) is 19.6. The average Bonchev–Trinajstić information content (AvgIpc) is 3.18. The van der Waals surface area contributed by atoms with Crippen molar-refractivity contribution >= 4 is 46.0 Å². The molecule has 31 heavy (non-hydrogen) atoms. The van der Waals surface area contributed by atoms with Gasteiger partial charge in [-0.25, -0.2) is 0 Å². The lowest BCUT2D eigenvalue weighted by Gasteiger charge is -2.18. The van der Waals surface area contributed by atoms with Gasteiger partial charge in [-0.2, -0.15) is 0 Å². The molecular formula is C25H24N2O2S2. The number of anilines is 1. The quantitative estimate of drug-likeness (QED) is 0.343. The Bertz CT molecular complexity index is 1190. The Morgan fingerprint density at radius 2 is 1.77 bits per heavy atom. The number of hydrogen-bond donors (Lipinski definition) is 0. The van der Waals surface area contributed by atoms with Crippen LogP contribution in [-0.4, -0.2) is 21.4 Å². The van der Waals surface area contributed by atoms with Crippen molar-refractivity contribution in [3.63, 3.8) is 0 Å². The molecule has 0 N–H and O–H groups in total. The SMILES string of the molecule is CCOc1ccccc1N1C(=O)/C(=C/c2cc(C)n(-c3ccc(C)cc3)c2C)SC1=S. The monoisotopic (exact) mass is 448 g/mol. The van der Waals surface area contributed by atoms with E-state index in [0.717, 1.165) is 22.6 Å². The highest BCUT2D eigenvalue weighted by molar-refractivity contribution is 8.27. The second-order valence-corrected chi connectivity index (χ2v) is 9.09. The number of amides is 1. The molecule has 4 nitrogen and oxygen atoms in total. The Morgan fingerprint density at radius 3 is 2.48 bits per heavy atom. The van der Waals surface area contributed by atoms with Crippen LogP contribution in [0.1, 0.15) is 29.4 Å². The molecule has 0 spiro atoms. The molecule has 3 aromatic rings. The predicted molar refractivity (Wildman–Crippen MR) is 133 cm³/mol. The highest BCUT2D eigenvalue weighted by atomic mass is 32.2. The van der Waals surface area contributed by atoms with E-state index in [1.165, 1.54) is 17.3 Å². The third-order valence-corrected chi connectivity index (χ3v) is 6.55. The Labute approximate surface area is 192 Å². The topological polar surface area (TPSA) is 34.5 Å². The van der Waals surface area contributed by atoms with Gasteiger partial charge in [-0.05, 0) is 69.7 Å². The van der Waals surface area contributed by atoms with Crippen LogP contribution in [-0.2, 0) is 4.79 Å². The summed E-state index contributed by atoms with van der Waals surface area (Å²) in [6.07, 6.45) is 1.94. The van der Waals surface area contributed by atoms with Crippen LogP contribution in [0.2, 0.25) is 0 Å². The lowest BCUT2D eigenvalue weighted by Crippen LogP contribution is -2.28. The second kappa shape index (κ2) is 8.73. The maximum Gasteiger partial charge on any atom is 0.270 e. The lowest BCUT2D eigenvalue weighted by atomic mass is 10.2. The van der Waals surface area contributed by atoms with Crippen LogP contribution in [0.4, 0.5) is 5.69 Å².